The standard InChI is InChI=1S/C32H34ClN7O8/c1-3-4-9-26-34-30(33)27(23(41)14-18(2)32(42)47-24-16-45-29-25(48-40(43)44)17-46-28(24)29)39(26)15-19-10-12-20(13-11-19)21-7-5-6-8-22(21)31-35-37-38-36-31/h5-8,10-13,18,24-25,28-29H,3-4,9,14-17H2,1-2H3,(H,35,36,37,38)/t18-,24+,25-,28-,29-/m1/s1. The number of benzene rings is 2. The number of fused-ring (bicyclic) bond motifs is 1. The van der Waals surface area contributed by atoms with E-state index < -0.39 is 41.4 Å². The number of nitrogens with zero attached hydrogens (tertiary/aromatic N) is 6. The first-order chi connectivity index (χ1) is 23.2. The van der Waals surface area contributed by atoms with E-state index >= 15 is 0 Å². The molecule has 0 amide bonds. The van der Waals surface area contributed by atoms with Gasteiger partial charge in [-0.25, -0.2) is 4.98 Å². The Bertz CT molecular complexity index is 1760. The molecule has 0 radical (unpaired) electrons. The molecule has 48 heavy (non-hydrogen) atoms. The third-order valence-corrected chi connectivity index (χ3v) is 8.75. The summed E-state index contributed by atoms with van der Waals surface area (Å²) in [6, 6.07) is 15.7. The lowest BCUT2D eigenvalue weighted by molar-refractivity contribution is -0.769. The highest BCUT2D eigenvalue weighted by atomic mass is 35.5. The van der Waals surface area contributed by atoms with E-state index in [-0.39, 0.29) is 36.3 Å². The van der Waals surface area contributed by atoms with Crippen LogP contribution in [0.1, 0.15) is 55.0 Å². The Kier molecular flexibility index (Phi) is 10.1. The van der Waals surface area contributed by atoms with Crippen LogP contribution in [0.2, 0.25) is 5.15 Å². The molecule has 2 aliphatic rings. The van der Waals surface area contributed by atoms with Gasteiger partial charge in [0.1, 0.15) is 23.7 Å². The summed E-state index contributed by atoms with van der Waals surface area (Å²) in [7, 11) is 0. The van der Waals surface area contributed by atoms with Gasteiger partial charge in [0.2, 0.25) is 5.82 Å². The van der Waals surface area contributed by atoms with Gasteiger partial charge in [-0.3, -0.25) is 9.59 Å². The van der Waals surface area contributed by atoms with Crippen LogP contribution in [0.3, 0.4) is 0 Å². The van der Waals surface area contributed by atoms with Crippen LogP contribution in [0.25, 0.3) is 22.5 Å². The summed E-state index contributed by atoms with van der Waals surface area (Å²) in [6.45, 7) is 3.96. The molecule has 4 aromatic rings. The fourth-order valence-corrected chi connectivity index (χ4v) is 6.37. The molecule has 0 saturated carbocycles. The summed E-state index contributed by atoms with van der Waals surface area (Å²) < 4.78 is 18.6. The highest BCUT2D eigenvalue weighted by Gasteiger charge is 2.51. The highest BCUT2D eigenvalue weighted by Crippen LogP contribution is 2.33. The monoisotopic (exact) mass is 679 g/mol. The fourth-order valence-electron chi connectivity index (χ4n) is 6.06. The number of tetrazole rings is 1. The third-order valence-electron chi connectivity index (χ3n) is 8.49. The average molecular weight is 680 g/mol. The van der Waals surface area contributed by atoms with Crippen molar-refractivity contribution in [1.29, 1.82) is 0 Å². The van der Waals surface area contributed by atoms with Gasteiger partial charge in [0.05, 0.1) is 19.1 Å². The number of rotatable bonds is 14. The zero-order chi connectivity index (χ0) is 33.8. The summed E-state index contributed by atoms with van der Waals surface area (Å²) in [5, 5.41) is 24.4. The molecule has 0 spiro atoms. The lowest BCUT2D eigenvalue weighted by atomic mass is 9.98. The first kappa shape index (κ1) is 33.2. The number of unbranched alkanes of at least 4 members (excludes halogenated alkanes) is 1. The molecule has 15 nitrogen and oxygen atoms in total. The number of aryl methyl sites for hydroxylation is 1. The Labute approximate surface area is 280 Å². The fraction of sp³-hybridized carbons (Fsp3) is 0.438. The van der Waals surface area contributed by atoms with Gasteiger partial charge in [0.15, 0.2) is 23.1 Å². The summed E-state index contributed by atoms with van der Waals surface area (Å²) in [6.07, 6.45) is -0.858. The molecule has 2 fully saturated rings. The van der Waals surface area contributed by atoms with E-state index in [1.165, 1.54) is 0 Å². The van der Waals surface area contributed by atoms with Crippen molar-refractivity contribution in [2.45, 2.75) is 70.5 Å². The Morgan fingerprint density at radius 3 is 2.50 bits per heavy atom. The number of carbonyl (C=O) groups excluding carboxylic acids is 2. The van der Waals surface area contributed by atoms with Gasteiger partial charge in [-0.1, -0.05) is 80.4 Å². The van der Waals surface area contributed by atoms with Crippen LogP contribution >= 0.6 is 11.6 Å². The second-order valence-corrected chi connectivity index (χ2v) is 12.2. The van der Waals surface area contributed by atoms with Gasteiger partial charge in [-0.05, 0) is 28.3 Å². The van der Waals surface area contributed by atoms with Crippen LogP contribution < -0.4 is 0 Å². The lowest BCUT2D eigenvalue weighted by Crippen LogP contribution is -2.36. The van der Waals surface area contributed by atoms with Gasteiger partial charge in [-0.2, -0.15) is 5.21 Å². The molecule has 4 heterocycles. The van der Waals surface area contributed by atoms with E-state index in [1.54, 1.807) is 6.92 Å². The molecule has 2 saturated heterocycles. The number of hydrogen-bond donors (Lipinski definition) is 1. The number of ketones is 1. The molecule has 0 bridgehead atoms. The first-order valence-electron chi connectivity index (χ1n) is 15.7. The smallest absolute Gasteiger partial charge is 0.309 e. The first-order valence-corrected chi connectivity index (χ1v) is 16.1. The van der Waals surface area contributed by atoms with Gasteiger partial charge in [0.25, 0.3) is 5.09 Å². The number of esters is 1. The molecule has 2 aromatic heterocycles. The topological polar surface area (TPSA) is 186 Å². The molecule has 6 rings (SSSR count). The summed E-state index contributed by atoms with van der Waals surface area (Å²) in [5.41, 5.74) is 3.90. The molecule has 2 aromatic carbocycles. The minimum absolute atomic E-state index is 0.000179. The zero-order valence-corrected chi connectivity index (χ0v) is 27.0. The minimum atomic E-state index is -0.902. The molecule has 5 atom stereocenters. The Morgan fingerprint density at radius 1 is 1.10 bits per heavy atom. The molecule has 1 N–H and O–H groups in total. The second-order valence-electron chi connectivity index (χ2n) is 11.8. The van der Waals surface area contributed by atoms with Crippen molar-refractivity contribution in [2.75, 3.05) is 13.2 Å². The molecule has 252 valence electrons. The molecule has 2 aliphatic heterocycles. The number of hydrogen-bond acceptors (Lipinski definition) is 12. The van der Waals surface area contributed by atoms with Gasteiger partial charge in [0, 0.05) is 24.9 Å². The number of Topliss-reactive ketones (excluding diaryl/α,β-unsaturated/α-hetero) is 1. The predicted octanol–water partition coefficient (Wildman–Crippen LogP) is 4.27. The van der Waals surface area contributed by atoms with Crippen LogP contribution in [-0.2, 0) is 36.8 Å². The van der Waals surface area contributed by atoms with Crippen LogP contribution in [0.15, 0.2) is 48.5 Å². The van der Waals surface area contributed by atoms with Crippen molar-refractivity contribution in [2.24, 2.45) is 5.92 Å². The Morgan fingerprint density at radius 2 is 1.81 bits per heavy atom. The number of aromatic amines is 1. The molecular weight excluding hydrogens is 646 g/mol. The van der Waals surface area contributed by atoms with Crippen molar-refractivity contribution in [3.8, 4) is 22.5 Å². The SMILES string of the molecule is CCCCc1nc(Cl)c(C(=O)C[C@@H](C)C(=O)O[C@H]2CO[C@H]3[C@@H]2OC[C@H]3O[N+](=O)[O-])n1Cc1ccc(-c2ccccc2-c2nn[nH]n2)cc1. The third kappa shape index (κ3) is 7.07. The van der Waals surface area contributed by atoms with Gasteiger partial charge in [-0.15, -0.1) is 20.3 Å². The Balaban J connectivity index is 1.16. The van der Waals surface area contributed by atoms with Crippen molar-refractivity contribution in [3.63, 3.8) is 0 Å². The molecule has 0 aliphatic carbocycles. The maximum Gasteiger partial charge on any atom is 0.309 e. The largest absolute Gasteiger partial charge is 0.457 e. The van der Waals surface area contributed by atoms with E-state index in [0.29, 0.717) is 24.6 Å². The van der Waals surface area contributed by atoms with E-state index in [0.717, 1.165) is 35.1 Å². The van der Waals surface area contributed by atoms with Crippen LogP contribution in [0, 0.1) is 16.0 Å². The number of carbonyl (C=O) groups is 2. The quantitative estimate of drug-likeness (QED) is 0.0864. The maximum absolute atomic E-state index is 13.7. The second kappa shape index (κ2) is 14.6. The molecule has 16 heteroatoms. The van der Waals surface area contributed by atoms with Crippen molar-refractivity contribution in [1.82, 2.24) is 30.2 Å². The molecular formula is C32H34ClN7O8. The van der Waals surface area contributed by atoms with Crippen LogP contribution in [-0.4, -0.2) is 84.6 Å². The lowest BCUT2D eigenvalue weighted by Gasteiger charge is -2.19. The van der Waals surface area contributed by atoms with Gasteiger partial charge < -0.3 is 23.6 Å². The van der Waals surface area contributed by atoms with E-state index in [9.17, 15) is 19.7 Å². The highest BCUT2D eigenvalue weighted by molar-refractivity contribution is 6.32. The van der Waals surface area contributed by atoms with E-state index in [4.69, 9.17) is 25.8 Å². The van der Waals surface area contributed by atoms with Crippen LogP contribution in [0.4, 0.5) is 0 Å². The number of imidazole rings is 1. The number of H-pyrrole nitrogens is 1. The number of ether oxygens (including phenoxy) is 3. The number of halogens is 1. The number of aromatic nitrogens is 6. The summed E-state index contributed by atoms with van der Waals surface area (Å²) >= 11 is 6.59. The number of nitrogens with one attached hydrogen (secondary N) is 1. The van der Waals surface area contributed by atoms with Crippen molar-refractivity contribution < 1.29 is 33.7 Å². The van der Waals surface area contributed by atoms with Crippen LogP contribution in [0.5, 0.6) is 0 Å². The average Bonchev–Trinajstić information content (AvgIpc) is 3.87. The Hall–Kier alpha value is -4.73. The van der Waals surface area contributed by atoms with Gasteiger partial charge >= 0.3 is 5.97 Å². The van der Waals surface area contributed by atoms with Crippen molar-refractivity contribution >= 4 is 23.4 Å². The summed E-state index contributed by atoms with van der Waals surface area (Å²) in [4.78, 5) is 46.7. The van der Waals surface area contributed by atoms with E-state index in [2.05, 4.69) is 37.4 Å². The van der Waals surface area contributed by atoms with E-state index in [1.807, 2.05) is 53.1 Å². The molecule has 0 unspecified atom stereocenters. The normalized spacial score (nSPS) is 20.7. The maximum atomic E-state index is 13.7. The van der Waals surface area contributed by atoms with Crippen molar-refractivity contribution in [3.05, 3.63) is 80.9 Å². The minimum Gasteiger partial charge on any atom is -0.457 e. The predicted molar refractivity (Wildman–Crippen MR) is 169 cm³/mol. The zero-order valence-electron chi connectivity index (χ0n) is 26.3. The summed E-state index contributed by atoms with van der Waals surface area (Å²) in [5.74, 6) is -0.604.